The van der Waals surface area contributed by atoms with Crippen molar-refractivity contribution in [1.82, 2.24) is 9.80 Å². The van der Waals surface area contributed by atoms with Crippen LogP contribution in [0, 0.1) is 0 Å². The van der Waals surface area contributed by atoms with Crippen molar-refractivity contribution in [3.05, 3.63) is 12.7 Å². The van der Waals surface area contributed by atoms with E-state index in [1.54, 1.807) is 6.92 Å². The van der Waals surface area contributed by atoms with E-state index in [2.05, 4.69) is 18.4 Å². The molecule has 108 valence electrons. The summed E-state index contributed by atoms with van der Waals surface area (Å²) in [5.74, 6) is -0.460. The molecule has 1 spiro atoms. The molecule has 19 heavy (non-hydrogen) atoms. The van der Waals surface area contributed by atoms with Crippen LogP contribution >= 0.6 is 0 Å². The highest BCUT2D eigenvalue weighted by Crippen LogP contribution is 2.44. The second kappa shape index (κ2) is 5.23. The Morgan fingerprint density at radius 1 is 1.68 bits per heavy atom. The summed E-state index contributed by atoms with van der Waals surface area (Å²) in [6.07, 6.45) is 3.45. The molecule has 4 atom stereocenters. The lowest BCUT2D eigenvalue weighted by atomic mass is 9.75. The molecule has 2 aliphatic rings. The molecule has 2 heterocycles. The van der Waals surface area contributed by atoms with Gasteiger partial charge in [0.15, 0.2) is 0 Å². The van der Waals surface area contributed by atoms with Gasteiger partial charge in [0.1, 0.15) is 6.04 Å². The Morgan fingerprint density at radius 3 is 2.84 bits per heavy atom. The average Bonchev–Trinajstić information content (AvgIpc) is 2.73. The van der Waals surface area contributed by atoms with Crippen LogP contribution < -0.4 is 5.73 Å². The first-order valence-corrected chi connectivity index (χ1v) is 7.08. The van der Waals surface area contributed by atoms with Gasteiger partial charge in [-0.3, -0.25) is 14.6 Å². The molecule has 0 aromatic rings. The molecule has 0 aromatic carbocycles. The highest BCUT2D eigenvalue weighted by Gasteiger charge is 2.58. The maximum absolute atomic E-state index is 11.6. The third-order valence-corrected chi connectivity index (χ3v) is 4.74. The largest absolute Gasteiger partial charge is 0.391 e. The second-order valence-corrected chi connectivity index (χ2v) is 5.73. The summed E-state index contributed by atoms with van der Waals surface area (Å²) in [6, 6.07) is -0.519. The number of primary amides is 1. The minimum Gasteiger partial charge on any atom is -0.391 e. The van der Waals surface area contributed by atoms with Crippen molar-refractivity contribution in [3.63, 3.8) is 0 Å². The van der Waals surface area contributed by atoms with Gasteiger partial charge in [0.05, 0.1) is 11.6 Å². The topological polar surface area (TPSA) is 69.8 Å². The van der Waals surface area contributed by atoms with Crippen molar-refractivity contribution in [2.75, 3.05) is 19.6 Å². The van der Waals surface area contributed by atoms with Crippen LogP contribution in [0.25, 0.3) is 0 Å². The molecule has 2 unspecified atom stereocenters. The van der Waals surface area contributed by atoms with E-state index >= 15 is 0 Å². The first-order valence-electron chi connectivity index (χ1n) is 7.08. The molecular formula is C14H25N3O2. The monoisotopic (exact) mass is 267 g/mol. The number of aliphatic hydroxyl groups is 1. The molecule has 0 radical (unpaired) electrons. The Kier molecular flexibility index (Phi) is 3.99. The third kappa shape index (κ3) is 2.10. The Labute approximate surface area is 115 Å². The Morgan fingerprint density at radius 2 is 2.37 bits per heavy atom. The van der Waals surface area contributed by atoms with E-state index in [4.69, 9.17) is 5.73 Å². The van der Waals surface area contributed by atoms with Crippen LogP contribution in [0.2, 0.25) is 0 Å². The van der Waals surface area contributed by atoms with Gasteiger partial charge in [-0.15, -0.1) is 6.58 Å². The zero-order valence-corrected chi connectivity index (χ0v) is 11.9. The van der Waals surface area contributed by atoms with Gasteiger partial charge in [-0.05, 0) is 32.9 Å². The number of carbonyl (C=O) groups is 1. The van der Waals surface area contributed by atoms with E-state index < -0.39 is 18.1 Å². The van der Waals surface area contributed by atoms with E-state index in [1.165, 1.54) is 6.42 Å². The van der Waals surface area contributed by atoms with Gasteiger partial charge < -0.3 is 10.8 Å². The van der Waals surface area contributed by atoms with Crippen LogP contribution in [0.4, 0.5) is 0 Å². The minimum absolute atomic E-state index is 0.0963. The number of likely N-dealkylation sites (N-methyl/N-ethyl adjacent to an activating group) is 1. The fourth-order valence-electron chi connectivity index (χ4n) is 3.95. The molecule has 2 rings (SSSR count). The van der Waals surface area contributed by atoms with Crippen molar-refractivity contribution >= 4 is 5.91 Å². The van der Waals surface area contributed by atoms with Gasteiger partial charge in [-0.1, -0.05) is 13.0 Å². The minimum atomic E-state index is -0.756. The van der Waals surface area contributed by atoms with Gasteiger partial charge in [0, 0.05) is 12.6 Å². The quantitative estimate of drug-likeness (QED) is 0.685. The molecule has 0 aliphatic carbocycles. The van der Waals surface area contributed by atoms with Crippen molar-refractivity contribution in [1.29, 1.82) is 0 Å². The zero-order valence-electron chi connectivity index (χ0n) is 11.9. The molecule has 5 nitrogen and oxygen atoms in total. The zero-order chi connectivity index (χ0) is 14.2. The van der Waals surface area contributed by atoms with Crippen LogP contribution in [-0.2, 0) is 4.79 Å². The standard InChI is InChI=1S/C14H25N3O2/c1-4-11-14(7-6-8-16(14)5-2)9-17(11)12(10(3)18)13(15)19/h4,10-12,18H,1,5-9H2,2-3H3,(H2,15,19)/t10-,11?,12+,14?/m1/s1. The summed E-state index contributed by atoms with van der Waals surface area (Å²) in [5, 5.41) is 9.80. The Balaban J connectivity index is 2.20. The molecule has 1 amide bonds. The summed E-state index contributed by atoms with van der Waals surface area (Å²) in [4.78, 5) is 16.0. The normalized spacial score (nSPS) is 35.0. The molecular weight excluding hydrogens is 242 g/mol. The fraction of sp³-hybridized carbons (Fsp3) is 0.786. The van der Waals surface area contributed by atoms with Crippen molar-refractivity contribution in [3.8, 4) is 0 Å². The third-order valence-electron chi connectivity index (χ3n) is 4.74. The molecule has 0 saturated carbocycles. The molecule has 0 aromatic heterocycles. The SMILES string of the molecule is C=CC1N([C@H](C(N)=O)[C@@H](C)O)CC12CCCN2CC. The van der Waals surface area contributed by atoms with Crippen LogP contribution in [0.15, 0.2) is 12.7 Å². The number of carbonyl (C=O) groups excluding carboxylic acids is 1. The van der Waals surface area contributed by atoms with Crippen LogP contribution in [0.1, 0.15) is 26.7 Å². The molecule has 2 aliphatic heterocycles. The average molecular weight is 267 g/mol. The second-order valence-electron chi connectivity index (χ2n) is 5.73. The van der Waals surface area contributed by atoms with Gasteiger partial charge in [-0.25, -0.2) is 0 Å². The Bertz CT molecular complexity index is 372. The summed E-state index contributed by atoms with van der Waals surface area (Å²) in [5.41, 5.74) is 5.53. The van der Waals surface area contributed by atoms with E-state index in [0.717, 1.165) is 26.1 Å². The lowest BCUT2D eigenvalue weighted by molar-refractivity contribution is -0.145. The number of hydrogen-bond acceptors (Lipinski definition) is 4. The summed E-state index contributed by atoms with van der Waals surface area (Å²) in [6.45, 7) is 10.6. The van der Waals surface area contributed by atoms with Gasteiger partial charge in [0.2, 0.25) is 5.91 Å². The number of likely N-dealkylation sites (tertiary alicyclic amines) is 2. The highest BCUT2D eigenvalue weighted by molar-refractivity contribution is 5.80. The van der Waals surface area contributed by atoms with Gasteiger partial charge in [0.25, 0.3) is 0 Å². The number of rotatable bonds is 5. The summed E-state index contributed by atoms with van der Waals surface area (Å²) in [7, 11) is 0. The molecule has 5 heteroatoms. The van der Waals surface area contributed by atoms with E-state index in [-0.39, 0.29) is 11.6 Å². The van der Waals surface area contributed by atoms with Crippen LogP contribution in [0.3, 0.4) is 0 Å². The number of nitrogens with two attached hydrogens (primary N) is 1. The number of nitrogens with zero attached hydrogens (tertiary/aromatic N) is 2. The molecule has 2 saturated heterocycles. The van der Waals surface area contributed by atoms with Crippen LogP contribution in [-0.4, -0.2) is 64.2 Å². The summed E-state index contributed by atoms with van der Waals surface area (Å²) >= 11 is 0. The fourth-order valence-corrected chi connectivity index (χ4v) is 3.95. The maximum Gasteiger partial charge on any atom is 0.237 e. The first kappa shape index (κ1) is 14.5. The van der Waals surface area contributed by atoms with Crippen molar-refractivity contribution in [2.24, 2.45) is 5.73 Å². The van der Waals surface area contributed by atoms with E-state index in [0.29, 0.717) is 0 Å². The number of amides is 1. The highest BCUT2D eigenvalue weighted by atomic mass is 16.3. The predicted octanol–water partition coefficient (Wildman–Crippen LogP) is -0.0542. The lowest BCUT2D eigenvalue weighted by Crippen LogP contribution is -2.77. The molecule has 2 fully saturated rings. The van der Waals surface area contributed by atoms with E-state index in [1.807, 2.05) is 11.0 Å². The number of hydrogen-bond donors (Lipinski definition) is 2. The van der Waals surface area contributed by atoms with Gasteiger partial charge in [-0.2, -0.15) is 0 Å². The lowest BCUT2D eigenvalue weighted by Gasteiger charge is -2.60. The Hall–Kier alpha value is -0.910. The van der Waals surface area contributed by atoms with E-state index in [9.17, 15) is 9.90 Å². The number of aliphatic hydroxyl groups excluding tert-OH is 1. The molecule has 3 N–H and O–H groups in total. The van der Waals surface area contributed by atoms with Crippen LogP contribution in [0.5, 0.6) is 0 Å². The first-order chi connectivity index (χ1) is 8.97. The van der Waals surface area contributed by atoms with Crippen molar-refractivity contribution in [2.45, 2.75) is 50.4 Å². The molecule has 0 bridgehead atoms. The predicted molar refractivity (Wildman–Crippen MR) is 74.6 cm³/mol. The smallest absolute Gasteiger partial charge is 0.237 e. The van der Waals surface area contributed by atoms with Crippen molar-refractivity contribution < 1.29 is 9.90 Å². The summed E-state index contributed by atoms with van der Waals surface area (Å²) < 4.78 is 0. The van der Waals surface area contributed by atoms with Gasteiger partial charge >= 0.3 is 0 Å². The maximum atomic E-state index is 11.6.